The molecular formula is C14H17ClN4. The summed E-state index contributed by atoms with van der Waals surface area (Å²) in [6, 6.07) is 12.3. The van der Waals surface area contributed by atoms with Crippen LogP contribution in [-0.4, -0.2) is 23.1 Å². The summed E-state index contributed by atoms with van der Waals surface area (Å²) in [6.45, 7) is 2.14. The summed E-state index contributed by atoms with van der Waals surface area (Å²) in [4.78, 5) is 10.1. The predicted octanol–water partition coefficient (Wildman–Crippen LogP) is 2.78. The Labute approximate surface area is 118 Å². The van der Waals surface area contributed by atoms with Crippen LogP contribution < -0.4 is 10.6 Å². The lowest BCUT2D eigenvalue weighted by Crippen LogP contribution is -2.31. The lowest BCUT2D eigenvalue weighted by molar-refractivity contribution is 0.674. The average Bonchev–Trinajstić information content (AvgIpc) is 2.37. The van der Waals surface area contributed by atoms with E-state index >= 15 is 0 Å². The third kappa shape index (κ3) is 3.58. The average molecular weight is 277 g/mol. The molecule has 1 atom stereocenters. The zero-order valence-corrected chi connectivity index (χ0v) is 11.8. The molecule has 1 heterocycles. The van der Waals surface area contributed by atoms with Crippen molar-refractivity contribution in [3.05, 3.63) is 47.1 Å². The molecule has 2 aromatic rings. The van der Waals surface area contributed by atoms with Crippen molar-refractivity contribution in [2.75, 3.05) is 17.7 Å². The number of hydrogen-bond acceptors (Lipinski definition) is 4. The molecule has 5 heteroatoms. The van der Waals surface area contributed by atoms with Crippen molar-refractivity contribution in [2.24, 2.45) is 0 Å². The minimum Gasteiger partial charge on any atom is -0.368 e. The first-order valence-corrected chi connectivity index (χ1v) is 6.51. The zero-order chi connectivity index (χ0) is 13.8. The Morgan fingerprint density at radius 3 is 2.58 bits per heavy atom. The second-order valence-electron chi connectivity index (χ2n) is 4.56. The number of halogens is 1. The van der Waals surface area contributed by atoms with Gasteiger partial charge < -0.3 is 10.6 Å². The third-order valence-electron chi connectivity index (χ3n) is 3.10. The smallest absolute Gasteiger partial charge is 0.223 e. The number of likely N-dealkylation sites (N-methyl/N-ethyl adjacent to an activating group) is 1. The molecule has 100 valence electrons. The predicted molar refractivity (Wildman–Crippen MR) is 79.5 cm³/mol. The van der Waals surface area contributed by atoms with Gasteiger partial charge in [0.25, 0.3) is 0 Å². The SMILES string of the molecule is CC(Cc1ccccc1)N(C)c1cc(Cl)nc(N)n1. The summed E-state index contributed by atoms with van der Waals surface area (Å²) in [5, 5.41) is 0.362. The van der Waals surface area contributed by atoms with Crippen LogP contribution in [0.4, 0.5) is 11.8 Å². The lowest BCUT2D eigenvalue weighted by atomic mass is 10.1. The molecule has 0 saturated heterocycles. The maximum Gasteiger partial charge on any atom is 0.223 e. The van der Waals surface area contributed by atoms with Crippen LogP contribution in [0.1, 0.15) is 12.5 Å². The molecule has 0 aliphatic rings. The minimum absolute atomic E-state index is 0.196. The van der Waals surface area contributed by atoms with Crippen molar-refractivity contribution in [1.82, 2.24) is 9.97 Å². The number of benzene rings is 1. The first-order valence-electron chi connectivity index (χ1n) is 6.13. The Morgan fingerprint density at radius 1 is 1.26 bits per heavy atom. The van der Waals surface area contributed by atoms with Gasteiger partial charge in [-0.3, -0.25) is 0 Å². The molecule has 0 spiro atoms. The first kappa shape index (κ1) is 13.6. The topological polar surface area (TPSA) is 55.0 Å². The number of nitrogen functional groups attached to an aromatic ring is 1. The molecule has 0 amide bonds. The van der Waals surface area contributed by atoms with E-state index in [2.05, 4.69) is 33.9 Å². The van der Waals surface area contributed by atoms with Gasteiger partial charge in [-0.25, -0.2) is 4.98 Å². The van der Waals surface area contributed by atoms with E-state index in [0.29, 0.717) is 5.15 Å². The summed E-state index contributed by atoms with van der Waals surface area (Å²) < 4.78 is 0. The van der Waals surface area contributed by atoms with E-state index in [9.17, 15) is 0 Å². The number of aromatic nitrogens is 2. The normalized spacial score (nSPS) is 12.2. The standard InChI is InChI=1S/C14H17ClN4/c1-10(8-11-6-4-3-5-7-11)19(2)13-9-12(15)17-14(16)18-13/h3-7,9-10H,8H2,1-2H3,(H2,16,17,18). The van der Waals surface area contributed by atoms with Crippen molar-refractivity contribution >= 4 is 23.4 Å². The Kier molecular flexibility index (Phi) is 4.22. The number of rotatable bonds is 4. The molecule has 0 saturated carbocycles. The monoisotopic (exact) mass is 276 g/mol. The molecule has 1 unspecified atom stereocenters. The van der Waals surface area contributed by atoms with Gasteiger partial charge in [0, 0.05) is 19.2 Å². The Morgan fingerprint density at radius 2 is 1.95 bits per heavy atom. The molecule has 0 aliphatic carbocycles. The highest BCUT2D eigenvalue weighted by atomic mass is 35.5. The molecule has 2 N–H and O–H groups in total. The molecule has 4 nitrogen and oxygen atoms in total. The van der Waals surface area contributed by atoms with E-state index in [-0.39, 0.29) is 12.0 Å². The summed E-state index contributed by atoms with van der Waals surface area (Å²) in [5.74, 6) is 0.933. The van der Waals surface area contributed by atoms with E-state index < -0.39 is 0 Å². The molecule has 19 heavy (non-hydrogen) atoms. The van der Waals surface area contributed by atoms with Gasteiger partial charge in [-0.15, -0.1) is 0 Å². The molecule has 0 fully saturated rings. The molecule has 1 aromatic heterocycles. The Balaban J connectivity index is 2.12. The zero-order valence-electron chi connectivity index (χ0n) is 11.0. The van der Waals surface area contributed by atoms with E-state index in [1.165, 1.54) is 5.56 Å². The Bertz CT molecular complexity index is 524. The van der Waals surface area contributed by atoms with Crippen LogP contribution >= 0.6 is 11.6 Å². The van der Waals surface area contributed by atoms with Crippen molar-refractivity contribution in [1.29, 1.82) is 0 Å². The highest BCUT2D eigenvalue weighted by molar-refractivity contribution is 6.29. The second-order valence-corrected chi connectivity index (χ2v) is 4.94. The van der Waals surface area contributed by atoms with Crippen molar-refractivity contribution in [3.8, 4) is 0 Å². The molecule has 0 aliphatic heterocycles. The van der Waals surface area contributed by atoms with Crippen LogP contribution in [0.2, 0.25) is 5.15 Å². The fourth-order valence-corrected chi connectivity index (χ4v) is 2.11. The van der Waals surface area contributed by atoms with Crippen molar-refractivity contribution < 1.29 is 0 Å². The van der Waals surface area contributed by atoms with Crippen molar-refractivity contribution in [2.45, 2.75) is 19.4 Å². The van der Waals surface area contributed by atoms with Crippen LogP contribution in [0, 0.1) is 0 Å². The molecule has 2 rings (SSSR count). The highest BCUT2D eigenvalue weighted by Crippen LogP contribution is 2.19. The van der Waals surface area contributed by atoms with E-state index in [1.807, 2.05) is 25.2 Å². The number of nitrogens with zero attached hydrogens (tertiary/aromatic N) is 3. The quantitative estimate of drug-likeness (QED) is 0.873. The Hall–Kier alpha value is -1.81. The van der Waals surface area contributed by atoms with Crippen LogP contribution in [0.5, 0.6) is 0 Å². The summed E-state index contributed by atoms with van der Waals surface area (Å²) in [6.07, 6.45) is 0.929. The third-order valence-corrected chi connectivity index (χ3v) is 3.29. The van der Waals surface area contributed by atoms with Gasteiger partial charge in [0.2, 0.25) is 5.95 Å². The van der Waals surface area contributed by atoms with Gasteiger partial charge >= 0.3 is 0 Å². The summed E-state index contributed by atoms with van der Waals surface area (Å²) >= 11 is 5.90. The van der Waals surface area contributed by atoms with Crippen LogP contribution in [-0.2, 0) is 6.42 Å². The number of hydrogen-bond donors (Lipinski definition) is 1. The lowest BCUT2D eigenvalue weighted by Gasteiger charge is -2.26. The molecule has 1 aromatic carbocycles. The number of anilines is 2. The molecular weight excluding hydrogens is 260 g/mol. The summed E-state index contributed by atoms with van der Waals surface area (Å²) in [5.41, 5.74) is 6.90. The van der Waals surface area contributed by atoms with Gasteiger partial charge in [0.05, 0.1) is 0 Å². The van der Waals surface area contributed by atoms with E-state index in [0.717, 1.165) is 12.2 Å². The first-order chi connectivity index (χ1) is 9.06. The number of nitrogens with two attached hydrogens (primary N) is 1. The van der Waals surface area contributed by atoms with E-state index in [1.54, 1.807) is 6.07 Å². The fraction of sp³-hybridized carbons (Fsp3) is 0.286. The van der Waals surface area contributed by atoms with Gasteiger partial charge in [-0.05, 0) is 18.9 Å². The summed E-state index contributed by atoms with van der Waals surface area (Å²) in [7, 11) is 1.98. The van der Waals surface area contributed by atoms with Crippen LogP contribution in [0.15, 0.2) is 36.4 Å². The molecule has 0 bridgehead atoms. The van der Waals surface area contributed by atoms with Gasteiger partial charge in [0.1, 0.15) is 11.0 Å². The van der Waals surface area contributed by atoms with Crippen LogP contribution in [0.3, 0.4) is 0 Å². The van der Waals surface area contributed by atoms with Gasteiger partial charge in [0.15, 0.2) is 0 Å². The van der Waals surface area contributed by atoms with Crippen molar-refractivity contribution in [3.63, 3.8) is 0 Å². The maximum absolute atomic E-state index is 5.90. The van der Waals surface area contributed by atoms with Crippen LogP contribution in [0.25, 0.3) is 0 Å². The minimum atomic E-state index is 0.196. The van der Waals surface area contributed by atoms with Gasteiger partial charge in [-0.2, -0.15) is 4.98 Å². The highest BCUT2D eigenvalue weighted by Gasteiger charge is 2.13. The van der Waals surface area contributed by atoms with E-state index in [4.69, 9.17) is 17.3 Å². The van der Waals surface area contributed by atoms with Gasteiger partial charge in [-0.1, -0.05) is 41.9 Å². The second kappa shape index (κ2) is 5.89. The fourth-order valence-electron chi connectivity index (χ4n) is 1.92. The maximum atomic E-state index is 5.90. The molecule has 0 radical (unpaired) electrons. The largest absolute Gasteiger partial charge is 0.368 e.